The van der Waals surface area contributed by atoms with Gasteiger partial charge in [0.05, 0.1) is 5.56 Å². The van der Waals surface area contributed by atoms with Crippen LogP contribution >= 0.6 is 0 Å². The summed E-state index contributed by atoms with van der Waals surface area (Å²) < 4.78 is 37.9. The van der Waals surface area contributed by atoms with E-state index in [1.165, 1.54) is 24.3 Å². The zero-order valence-electron chi connectivity index (χ0n) is 24.9. The lowest BCUT2D eigenvalue weighted by Gasteiger charge is -2.34. The van der Waals surface area contributed by atoms with Crippen LogP contribution in [0.4, 0.5) is 14.6 Å². The Morgan fingerprint density at radius 2 is 1.98 bits per heavy atom. The minimum absolute atomic E-state index is 0.0245. The number of piperazine rings is 1. The van der Waals surface area contributed by atoms with Gasteiger partial charge in [-0.05, 0) is 63.4 Å². The molecule has 8 nitrogen and oxygen atoms in total. The summed E-state index contributed by atoms with van der Waals surface area (Å²) in [6.45, 7) is 4.90. The molecule has 6 rings (SSSR count). The Kier molecular flexibility index (Phi) is 8.34. The van der Waals surface area contributed by atoms with Crippen LogP contribution in [0.5, 0.6) is 11.6 Å². The highest BCUT2D eigenvalue weighted by Gasteiger charge is 2.34. The molecule has 0 aliphatic carbocycles. The number of aromatic hydroxyl groups is 1. The predicted molar refractivity (Wildman–Crippen MR) is 167 cm³/mol. The lowest BCUT2D eigenvalue weighted by molar-refractivity contribution is -0.108. The van der Waals surface area contributed by atoms with E-state index in [2.05, 4.69) is 26.0 Å². The Morgan fingerprint density at radius 3 is 2.70 bits per heavy atom. The van der Waals surface area contributed by atoms with E-state index in [1.54, 1.807) is 13.1 Å². The van der Waals surface area contributed by atoms with Gasteiger partial charge in [0.25, 0.3) is 0 Å². The first kappa shape index (κ1) is 29.7. The molecule has 0 saturated carbocycles. The number of carbonyl (C=O) groups excluding carboxylic acids is 1. The summed E-state index contributed by atoms with van der Waals surface area (Å²) in [5, 5.41) is 15.8. The number of ether oxygens (including phenoxy) is 1. The van der Waals surface area contributed by atoms with Gasteiger partial charge in [-0.2, -0.15) is 4.98 Å². The molecule has 2 unspecified atom stereocenters. The molecule has 0 radical (unpaired) electrons. The number of halogens is 2. The van der Waals surface area contributed by atoms with Crippen LogP contribution in [-0.4, -0.2) is 78.2 Å². The molecule has 2 bridgehead atoms. The summed E-state index contributed by atoms with van der Waals surface area (Å²) in [4.78, 5) is 24.4. The number of aldehydes is 1. The molecule has 228 valence electrons. The third-order valence-electron chi connectivity index (χ3n) is 8.70. The Balaban J connectivity index is 1.48. The number of likely N-dealkylation sites (N-methyl/N-ethyl adjacent to an activating group) is 1. The SMILES string of the molecule is C#Cc1c(F)ccc2cc(O)cc(-c3ncc4c(N5CC6CCC(C5)N6)nc(OCCN(C)CCCC=O)c(C)c4c3F)c12. The van der Waals surface area contributed by atoms with Crippen LogP contribution in [-0.2, 0) is 4.79 Å². The molecule has 4 heterocycles. The molecule has 2 saturated heterocycles. The lowest BCUT2D eigenvalue weighted by atomic mass is 9.95. The number of carbonyl (C=O) groups is 1. The third kappa shape index (κ3) is 5.53. The van der Waals surface area contributed by atoms with E-state index in [0.717, 1.165) is 45.2 Å². The van der Waals surface area contributed by atoms with E-state index >= 15 is 4.39 Å². The number of phenols is 1. The predicted octanol–water partition coefficient (Wildman–Crippen LogP) is 4.95. The van der Waals surface area contributed by atoms with Crippen molar-refractivity contribution in [2.45, 2.75) is 44.7 Å². The number of anilines is 1. The summed E-state index contributed by atoms with van der Waals surface area (Å²) in [6.07, 6.45) is 11.6. The highest BCUT2D eigenvalue weighted by atomic mass is 19.1. The van der Waals surface area contributed by atoms with Crippen molar-refractivity contribution in [3.63, 3.8) is 0 Å². The van der Waals surface area contributed by atoms with Crippen molar-refractivity contribution in [3.8, 4) is 35.2 Å². The van der Waals surface area contributed by atoms with Crippen molar-refractivity contribution in [2.24, 2.45) is 0 Å². The van der Waals surface area contributed by atoms with Gasteiger partial charge in [0, 0.05) is 71.6 Å². The zero-order chi connectivity index (χ0) is 31.0. The van der Waals surface area contributed by atoms with Gasteiger partial charge in [0.2, 0.25) is 5.88 Å². The van der Waals surface area contributed by atoms with Gasteiger partial charge in [-0.25, -0.2) is 8.78 Å². The first-order valence-electron chi connectivity index (χ1n) is 15.0. The minimum Gasteiger partial charge on any atom is -0.508 e. The van der Waals surface area contributed by atoms with Crippen LogP contribution in [0.3, 0.4) is 0 Å². The molecule has 10 heteroatoms. The number of fused-ring (bicyclic) bond motifs is 4. The summed E-state index contributed by atoms with van der Waals surface area (Å²) in [6, 6.07) is 6.21. The Hall–Kier alpha value is -4.33. The van der Waals surface area contributed by atoms with E-state index < -0.39 is 11.6 Å². The number of rotatable bonds is 10. The Bertz CT molecular complexity index is 1780. The summed E-state index contributed by atoms with van der Waals surface area (Å²) >= 11 is 0. The molecule has 2 aromatic carbocycles. The first-order valence-corrected chi connectivity index (χ1v) is 15.0. The number of unbranched alkanes of at least 4 members (excludes halogenated alkanes) is 1. The number of hydrogen-bond donors (Lipinski definition) is 2. The van der Waals surface area contributed by atoms with E-state index in [-0.39, 0.29) is 22.6 Å². The number of aryl methyl sites for hydroxylation is 1. The van der Waals surface area contributed by atoms with Crippen LogP contribution in [0.1, 0.15) is 36.8 Å². The molecule has 2 aliphatic rings. The van der Waals surface area contributed by atoms with Crippen LogP contribution in [0.15, 0.2) is 30.5 Å². The average Bonchev–Trinajstić information content (AvgIpc) is 3.35. The molecule has 0 spiro atoms. The molecule has 2 aromatic heterocycles. The normalized spacial score (nSPS) is 17.9. The summed E-state index contributed by atoms with van der Waals surface area (Å²) in [5.41, 5.74) is 0.633. The minimum atomic E-state index is -0.628. The average molecular weight is 600 g/mol. The highest BCUT2D eigenvalue weighted by molar-refractivity contribution is 6.04. The van der Waals surface area contributed by atoms with Gasteiger partial charge in [-0.1, -0.05) is 12.0 Å². The molecular formula is C34H35F2N5O3. The zero-order valence-corrected chi connectivity index (χ0v) is 24.9. The molecule has 2 fully saturated rings. The molecule has 2 N–H and O–H groups in total. The van der Waals surface area contributed by atoms with Crippen molar-refractivity contribution < 1.29 is 23.4 Å². The maximum atomic E-state index is 16.9. The largest absolute Gasteiger partial charge is 0.508 e. The first-order chi connectivity index (χ1) is 21.3. The second-order valence-electron chi connectivity index (χ2n) is 11.7. The number of nitrogens with zero attached hydrogens (tertiary/aromatic N) is 4. The second kappa shape index (κ2) is 12.3. The number of hydrogen-bond acceptors (Lipinski definition) is 8. The van der Waals surface area contributed by atoms with Gasteiger partial charge >= 0.3 is 0 Å². The molecule has 44 heavy (non-hydrogen) atoms. The van der Waals surface area contributed by atoms with Gasteiger partial charge in [-0.15, -0.1) is 6.42 Å². The molecular weight excluding hydrogens is 564 g/mol. The lowest BCUT2D eigenvalue weighted by Crippen LogP contribution is -2.51. The molecule has 2 aliphatic heterocycles. The summed E-state index contributed by atoms with van der Waals surface area (Å²) in [5.74, 6) is 1.96. The van der Waals surface area contributed by atoms with Gasteiger partial charge < -0.3 is 29.8 Å². The fourth-order valence-electron chi connectivity index (χ4n) is 6.52. The van der Waals surface area contributed by atoms with Gasteiger partial charge in [0.1, 0.15) is 36.0 Å². The molecule has 4 aromatic rings. The van der Waals surface area contributed by atoms with E-state index in [1.807, 2.05) is 7.05 Å². The second-order valence-corrected chi connectivity index (χ2v) is 11.7. The molecule has 0 amide bonds. The van der Waals surface area contributed by atoms with Crippen molar-refractivity contribution in [1.29, 1.82) is 0 Å². The van der Waals surface area contributed by atoms with Crippen LogP contribution in [0, 0.1) is 30.9 Å². The standard InChI is InChI=1S/C34H35F2N5O3/c1-4-25-28(35)10-7-21-15-24(43)16-26(30(21)25)32-31(36)29-20(2)34(44-14-12-40(3)11-5-6-13-42)39-33(27(29)17-37-32)41-18-22-8-9-23(19-41)38-22/h1,7,10,13,15-17,22-23,38,43H,5-6,8-9,11-12,14,18-19H2,2-3H3. The topological polar surface area (TPSA) is 90.8 Å². The Labute approximate surface area is 255 Å². The fraction of sp³-hybridized carbons (Fsp3) is 0.382. The third-order valence-corrected chi connectivity index (χ3v) is 8.70. The van der Waals surface area contributed by atoms with Crippen LogP contribution in [0.25, 0.3) is 32.8 Å². The van der Waals surface area contributed by atoms with Crippen molar-refractivity contribution in [1.82, 2.24) is 20.2 Å². The van der Waals surface area contributed by atoms with Crippen LogP contribution < -0.4 is 15.0 Å². The number of aromatic nitrogens is 2. The summed E-state index contributed by atoms with van der Waals surface area (Å²) in [7, 11) is 1.96. The fourth-order valence-corrected chi connectivity index (χ4v) is 6.52. The maximum Gasteiger partial charge on any atom is 0.219 e. The highest BCUT2D eigenvalue weighted by Crippen LogP contribution is 2.41. The number of terminal acetylenes is 1. The quantitative estimate of drug-likeness (QED) is 0.150. The maximum absolute atomic E-state index is 16.9. The van der Waals surface area contributed by atoms with E-state index in [4.69, 9.17) is 16.1 Å². The number of phenolic OH excluding ortho intramolecular Hbond substituents is 1. The van der Waals surface area contributed by atoms with Gasteiger partial charge in [0.15, 0.2) is 5.82 Å². The monoisotopic (exact) mass is 599 g/mol. The molecule has 2 atom stereocenters. The van der Waals surface area contributed by atoms with E-state index in [9.17, 15) is 14.3 Å². The van der Waals surface area contributed by atoms with Crippen LogP contribution in [0.2, 0.25) is 0 Å². The van der Waals surface area contributed by atoms with Crippen molar-refractivity contribution in [3.05, 3.63) is 53.2 Å². The number of nitrogens with one attached hydrogen (secondary N) is 1. The number of benzene rings is 2. The Morgan fingerprint density at radius 1 is 1.20 bits per heavy atom. The van der Waals surface area contributed by atoms with Crippen molar-refractivity contribution >= 4 is 33.6 Å². The van der Waals surface area contributed by atoms with E-state index in [0.29, 0.717) is 70.5 Å². The van der Waals surface area contributed by atoms with Gasteiger partial charge in [-0.3, -0.25) is 4.98 Å². The smallest absolute Gasteiger partial charge is 0.219 e. The van der Waals surface area contributed by atoms with Crippen molar-refractivity contribution in [2.75, 3.05) is 44.7 Å². The number of pyridine rings is 2.